The molecule has 0 saturated carbocycles. The van der Waals surface area contributed by atoms with Crippen LogP contribution in [-0.2, 0) is 19.0 Å². The van der Waals surface area contributed by atoms with E-state index in [-0.39, 0.29) is 12.1 Å². The number of aliphatic hydroxyl groups excluding tert-OH is 1. The molecule has 4 atom stereocenters. The number of carbonyl (C=O) groups excluding carboxylic acids is 1. The second-order valence-electron chi connectivity index (χ2n) is 4.55. The lowest BCUT2D eigenvalue weighted by Crippen LogP contribution is -2.38. The highest BCUT2D eigenvalue weighted by atomic mass is 16.8. The van der Waals surface area contributed by atoms with Crippen LogP contribution in [0.1, 0.15) is 20.8 Å². The van der Waals surface area contributed by atoms with Gasteiger partial charge in [-0.1, -0.05) is 0 Å². The average Bonchev–Trinajstić information content (AvgIpc) is 2.62. The summed E-state index contributed by atoms with van der Waals surface area (Å²) < 4.78 is 16.0. The van der Waals surface area contributed by atoms with Gasteiger partial charge in [-0.2, -0.15) is 0 Å². The molecule has 0 aromatic carbocycles. The highest BCUT2D eigenvalue weighted by Crippen LogP contribution is 2.31. The Morgan fingerprint density at radius 3 is 2.53 bits per heavy atom. The van der Waals surface area contributed by atoms with Gasteiger partial charge in [-0.15, -0.1) is 0 Å². The minimum atomic E-state index is -0.806. The molecule has 0 aliphatic carbocycles. The molecule has 0 aromatic rings. The number of esters is 1. The van der Waals surface area contributed by atoms with E-state index in [1.54, 1.807) is 20.8 Å². The second-order valence-corrected chi connectivity index (χ2v) is 4.55. The van der Waals surface area contributed by atoms with Crippen molar-refractivity contribution in [1.82, 2.24) is 0 Å². The van der Waals surface area contributed by atoms with Crippen LogP contribution < -0.4 is 0 Å². The molecular weight excluding hydrogens is 200 g/mol. The standard InChI is InChI=1S/C10H16O5/c1-5-7(11)8(14-9(5)12)6-4-13-10(2,3)15-6/h5-8,11H,4H2,1-3H3. The zero-order chi connectivity index (χ0) is 11.2. The Hall–Kier alpha value is -0.650. The van der Waals surface area contributed by atoms with Crippen LogP contribution >= 0.6 is 0 Å². The maximum atomic E-state index is 11.2. The fourth-order valence-corrected chi connectivity index (χ4v) is 1.91. The average molecular weight is 216 g/mol. The molecule has 5 heteroatoms. The quantitative estimate of drug-likeness (QED) is 0.628. The molecule has 2 heterocycles. The van der Waals surface area contributed by atoms with E-state index in [1.807, 2.05) is 0 Å². The summed E-state index contributed by atoms with van der Waals surface area (Å²) in [5.74, 6) is -1.52. The fraction of sp³-hybridized carbons (Fsp3) is 0.900. The van der Waals surface area contributed by atoms with Gasteiger partial charge >= 0.3 is 5.97 Å². The molecule has 0 bridgehead atoms. The van der Waals surface area contributed by atoms with E-state index in [4.69, 9.17) is 14.2 Å². The molecule has 0 amide bonds. The van der Waals surface area contributed by atoms with Gasteiger partial charge < -0.3 is 19.3 Å². The summed E-state index contributed by atoms with van der Waals surface area (Å²) in [5.41, 5.74) is 0. The Morgan fingerprint density at radius 1 is 1.47 bits per heavy atom. The Balaban J connectivity index is 2.04. The Bertz CT molecular complexity index is 275. The zero-order valence-corrected chi connectivity index (χ0v) is 9.10. The van der Waals surface area contributed by atoms with Gasteiger partial charge in [-0.3, -0.25) is 4.79 Å². The maximum absolute atomic E-state index is 11.2. The smallest absolute Gasteiger partial charge is 0.311 e. The van der Waals surface area contributed by atoms with E-state index in [2.05, 4.69) is 0 Å². The topological polar surface area (TPSA) is 65.0 Å². The summed E-state index contributed by atoms with van der Waals surface area (Å²) in [6.45, 7) is 5.57. The summed E-state index contributed by atoms with van der Waals surface area (Å²) in [5, 5.41) is 9.78. The zero-order valence-electron chi connectivity index (χ0n) is 9.10. The molecule has 2 fully saturated rings. The van der Waals surface area contributed by atoms with Crippen LogP contribution in [0.4, 0.5) is 0 Å². The summed E-state index contributed by atoms with van der Waals surface area (Å²) in [7, 11) is 0. The molecule has 2 saturated heterocycles. The molecule has 1 N–H and O–H groups in total. The summed E-state index contributed by atoms with van der Waals surface area (Å²) in [6, 6.07) is 0. The largest absolute Gasteiger partial charge is 0.456 e. The predicted molar refractivity (Wildman–Crippen MR) is 50.0 cm³/mol. The van der Waals surface area contributed by atoms with Crippen molar-refractivity contribution < 1.29 is 24.1 Å². The number of aliphatic hydroxyl groups is 1. The first-order valence-corrected chi connectivity index (χ1v) is 5.11. The van der Waals surface area contributed by atoms with Crippen LogP contribution in [0.5, 0.6) is 0 Å². The first kappa shape index (κ1) is 10.9. The minimum Gasteiger partial charge on any atom is -0.456 e. The molecule has 5 nitrogen and oxygen atoms in total. The van der Waals surface area contributed by atoms with Gasteiger partial charge in [0, 0.05) is 0 Å². The second kappa shape index (κ2) is 3.43. The van der Waals surface area contributed by atoms with E-state index >= 15 is 0 Å². The molecule has 4 unspecified atom stereocenters. The number of ether oxygens (including phenoxy) is 3. The lowest BCUT2D eigenvalue weighted by atomic mass is 10.0. The third-order valence-corrected chi connectivity index (χ3v) is 2.87. The third kappa shape index (κ3) is 1.87. The van der Waals surface area contributed by atoms with Crippen molar-refractivity contribution in [3.05, 3.63) is 0 Å². The molecule has 0 spiro atoms. The van der Waals surface area contributed by atoms with Gasteiger partial charge in [0.15, 0.2) is 11.9 Å². The highest BCUT2D eigenvalue weighted by Gasteiger charge is 2.49. The van der Waals surface area contributed by atoms with Crippen molar-refractivity contribution in [1.29, 1.82) is 0 Å². The normalized spacial score (nSPS) is 44.4. The van der Waals surface area contributed by atoms with Crippen molar-refractivity contribution in [3.63, 3.8) is 0 Å². The molecular formula is C10H16O5. The molecule has 0 radical (unpaired) electrons. The van der Waals surface area contributed by atoms with Gasteiger partial charge in [0.2, 0.25) is 0 Å². The van der Waals surface area contributed by atoms with Gasteiger partial charge in [-0.25, -0.2) is 0 Å². The first-order valence-electron chi connectivity index (χ1n) is 5.11. The van der Waals surface area contributed by atoms with Gasteiger partial charge in [0.25, 0.3) is 0 Å². The van der Waals surface area contributed by atoms with Crippen LogP contribution in [0.25, 0.3) is 0 Å². The first-order chi connectivity index (χ1) is 6.91. The maximum Gasteiger partial charge on any atom is 0.311 e. The van der Waals surface area contributed by atoms with Crippen LogP contribution in [0, 0.1) is 5.92 Å². The van der Waals surface area contributed by atoms with E-state index < -0.39 is 23.9 Å². The lowest BCUT2D eigenvalue weighted by Gasteiger charge is -2.22. The molecule has 2 rings (SSSR count). The number of cyclic esters (lactones) is 1. The molecule has 2 aliphatic rings. The van der Waals surface area contributed by atoms with Crippen molar-refractivity contribution in [2.75, 3.05) is 6.61 Å². The van der Waals surface area contributed by atoms with Gasteiger partial charge in [-0.05, 0) is 20.8 Å². The monoisotopic (exact) mass is 216 g/mol. The molecule has 2 aliphatic heterocycles. The van der Waals surface area contributed by atoms with Crippen LogP contribution in [0.2, 0.25) is 0 Å². The van der Waals surface area contributed by atoms with E-state index in [1.165, 1.54) is 0 Å². The van der Waals surface area contributed by atoms with Crippen LogP contribution in [0.3, 0.4) is 0 Å². The summed E-state index contributed by atoms with van der Waals surface area (Å²) in [4.78, 5) is 11.2. The summed E-state index contributed by atoms with van der Waals surface area (Å²) >= 11 is 0. The Labute approximate surface area is 88.3 Å². The van der Waals surface area contributed by atoms with Crippen molar-refractivity contribution in [3.8, 4) is 0 Å². The Kier molecular flexibility index (Phi) is 2.48. The Morgan fingerprint density at radius 2 is 2.13 bits per heavy atom. The van der Waals surface area contributed by atoms with Crippen LogP contribution in [-0.4, -0.2) is 41.8 Å². The third-order valence-electron chi connectivity index (χ3n) is 2.87. The number of hydrogen-bond acceptors (Lipinski definition) is 5. The molecule has 0 aromatic heterocycles. The predicted octanol–water partition coefficient (Wildman–Crippen LogP) is 0.0603. The van der Waals surface area contributed by atoms with Crippen molar-refractivity contribution in [2.45, 2.75) is 44.9 Å². The van der Waals surface area contributed by atoms with E-state index in [9.17, 15) is 9.90 Å². The SMILES string of the molecule is CC1C(=O)OC(C2COC(C)(C)O2)C1O. The van der Waals surface area contributed by atoms with Crippen LogP contribution in [0.15, 0.2) is 0 Å². The van der Waals surface area contributed by atoms with Crippen molar-refractivity contribution >= 4 is 5.97 Å². The fourth-order valence-electron chi connectivity index (χ4n) is 1.91. The lowest BCUT2D eigenvalue weighted by molar-refractivity contribution is -0.166. The molecule has 15 heavy (non-hydrogen) atoms. The number of hydrogen-bond donors (Lipinski definition) is 1. The van der Waals surface area contributed by atoms with Gasteiger partial charge in [0.05, 0.1) is 12.5 Å². The highest BCUT2D eigenvalue weighted by molar-refractivity contribution is 5.75. The van der Waals surface area contributed by atoms with E-state index in [0.29, 0.717) is 6.61 Å². The number of carbonyl (C=O) groups is 1. The van der Waals surface area contributed by atoms with E-state index in [0.717, 1.165) is 0 Å². The van der Waals surface area contributed by atoms with Gasteiger partial charge in [0.1, 0.15) is 12.2 Å². The number of rotatable bonds is 1. The summed E-state index contributed by atoms with van der Waals surface area (Å²) in [6.07, 6.45) is -1.78. The molecule has 86 valence electrons. The minimum absolute atomic E-state index is 0.342. The van der Waals surface area contributed by atoms with Crippen molar-refractivity contribution in [2.24, 2.45) is 5.92 Å².